The van der Waals surface area contributed by atoms with Crippen LogP contribution in [0.5, 0.6) is 0 Å². The third-order valence-corrected chi connectivity index (χ3v) is 39.8. The summed E-state index contributed by atoms with van der Waals surface area (Å²) in [5.74, 6) is -73.6. The van der Waals surface area contributed by atoms with E-state index in [1.54, 1.807) is 160 Å². The molecule has 6 aliphatic rings. The number of hydrogen-bond acceptors (Lipinski definition) is 5. The van der Waals surface area contributed by atoms with Gasteiger partial charge in [-0.2, -0.15) is 5.26 Å². The minimum absolute atomic E-state index is 0. The number of halogens is 20. The smallest absolute Gasteiger partial charge is 0.207 e. The Labute approximate surface area is 606 Å². The van der Waals surface area contributed by atoms with Crippen LogP contribution in [-0.2, 0) is 30.0 Å². The van der Waals surface area contributed by atoms with E-state index in [1.807, 2.05) is 0 Å². The van der Waals surface area contributed by atoms with Gasteiger partial charge < -0.3 is 19.8 Å². The first-order valence-electron chi connectivity index (χ1n) is 35.6. The predicted molar refractivity (Wildman–Crippen MR) is 359 cm³/mol. The first kappa shape index (κ1) is 90.9. The van der Waals surface area contributed by atoms with E-state index in [-0.39, 0.29) is 20.4 Å². The first-order chi connectivity index (χ1) is 47.7. The number of carboxylic acid groups (broad SMARTS) is 2. The van der Waals surface area contributed by atoms with Gasteiger partial charge in [0.25, 0.3) is 0 Å². The second-order valence-corrected chi connectivity index (χ2v) is 42.0. The number of rotatable bonds is 10. The maximum atomic E-state index is 15.4. The molecule has 0 atom stereocenters. The van der Waals surface area contributed by atoms with Gasteiger partial charge in [-0.1, -0.05) is 0 Å². The Hall–Kier alpha value is -4.50. The average molecular weight is 1620 g/mol. The number of carboxylic acids is 2. The minimum Gasteiger partial charge on any atom is -0.207 e. The zero-order valence-electron chi connectivity index (χ0n) is 59.7. The maximum Gasteiger partial charge on any atom is 2.00 e. The zero-order chi connectivity index (χ0) is 76.9. The van der Waals surface area contributed by atoms with Crippen molar-refractivity contribution in [3.8, 4) is 6.07 Å². The molecule has 103 heavy (non-hydrogen) atoms. The molecular weight excluding hydrogens is 1530 g/mol. The van der Waals surface area contributed by atoms with Crippen molar-refractivity contribution in [1.29, 1.82) is 5.26 Å². The summed E-state index contributed by atoms with van der Waals surface area (Å²) in [5.41, 5.74) is -7.32. The molecule has 0 amide bonds. The van der Waals surface area contributed by atoms with E-state index in [4.69, 9.17) is 25.1 Å². The van der Waals surface area contributed by atoms with Crippen LogP contribution in [0.2, 0.25) is 0 Å². The van der Waals surface area contributed by atoms with Crippen LogP contribution < -0.4 is 32.1 Å². The molecule has 6 saturated carbocycles. The summed E-state index contributed by atoms with van der Waals surface area (Å²) in [5, 5.41) is 26.3. The summed E-state index contributed by atoms with van der Waals surface area (Å²) in [6, 6.07) is 1.75. The summed E-state index contributed by atoms with van der Waals surface area (Å²) in [6.45, 7) is 19.5. The second-order valence-electron chi connectivity index (χ2n) is 30.4. The molecule has 5 nitrogen and oxygen atoms in total. The first-order valence-corrected chi connectivity index (χ1v) is 40.1. The maximum absolute atomic E-state index is 15.4. The van der Waals surface area contributed by atoms with Gasteiger partial charge in [0.2, 0.25) is 0 Å². The van der Waals surface area contributed by atoms with Crippen LogP contribution in [0.1, 0.15) is 255 Å². The molecule has 584 valence electrons. The van der Waals surface area contributed by atoms with E-state index in [0.717, 1.165) is 13.8 Å². The van der Waals surface area contributed by atoms with Gasteiger partial charge in [-0.25, -0.2) is 87.8 Å². The number of nitrogens with zero attached hydrogens (tertiary/aromatic N) is 1. The molecule has 4 aromatic rings. The molecule has 0 bridgehead atoms. The Morgan fingerprint density at radius 1 is 0.301 bits per heavy atom. The Morgan fingerprint density at radius 2 is 0.398 bits per heavy atom. The quantitative estimate of drug-likeness (QED) is 0.0517. The summed E-state index contributed by atoms with van der Waals surface area (Å²) in [6.07, 6.45) is 39.9. The molecule has 0 N–H and O–H groups in total. The molecule has 0 heterocycles. The number of hydrogen-bond donors (Lipinski definition) is 0. The van der Waals surface area contributed by atoms with Gasteiger partial charge in [0.1, 0.15) is 52.7 Å². The van der Waals surface area contributed by atoms with Crippen molar-refractivity contribution in [3.05, 3.63) is 116 Å². The SMILES string of the molecule is CC#N.CC(=O)[O-].CC(=O)[O-].CC(C)(C)[PH](C1CCCCC1)(C1CCCCC1)C1CCCCC1.CC(C)(C)[PH](C1CCCCC1)(C1CCCCC1)C1CCCCC1.Fc1c(F)c(F)c([B-](c2c(F)c(F)c(F)c(F)c2F)(c2c(F)c(F)c(F)c(F)c2F)c2c(F)c(F)c(F)c(F)c2F)c(F)c1F.[Pd+2]. The van der Waals surface area contributed by atoms with Gasteiger partial charge in [-0.3, -0.25) is 0 Å². The standard InChI is InChI=1S/C24BF20.2C22H43P.C2H3N.2C2H4O2.Pd/c26-5-1(6(27)14(35)21(42)13(5)34)25(2-7(28)15(36)22(43)16(37)8(2)29,3-9(30)17(38)23(44)18(39)10(3)31)4-11(32)19(40)24(45)20(41)12(4)33;2*1-22(2,3)23(19-13-7-4-8-14-19,20-15-9-5-10-16-20)21-17-11-6-12-18-21;1-2-3;2*1-2(3)4;/h;2*19-21,23H,4-18H2,1-3H3;1H3;2*1H3,(H,3,4);/q-1;;;;;;+2/p-2. The Kier molecular flexibility index (Phi) is 34.4. The van der Waals surface area contributed by atoms with Crippen LogP contribution in [-0.4, -0.2) is 62.4 Å². The normalized spacial score (nSPS) is 18.3. The van der Waals surface area contributed by atoms with Gasteiger partial charge in [0, 0.05) is 18.9 Å². The predicted octanol–water partition coefficient (Wildman–Crippen LogP) is 19.0. The van der Waals surface area contributed by atoms with Gasteiger partial charge in [-0.15, -0.1) is 21.9 Å². The summed E-state index contributed by atoms with van der Waals surface area (Å²) in [7, 11) is -2.59. The number of benzene rings is 4. The third-order valence-electron chi connectivity index (χ3n) is 23.0. The van der Waals surface area contributed by atoms with E-state index in [0.29, 0.717) is 10.3 Å². The van der Waals surface area contributed by atoms with Gasteiger partial charge in [-0.05, 0) is 13.8 Å². The molecular formula is C74H95BF20NO4P2Pd-. The Morgan fingerprint density at radius 3 is 0.495 bits per heavy atom. The van der Waals surface area contributed by atoms with E-state index in [2.05, 4.69) is 41.5 Å². The van der Waals surface area contributed by atoms with Crippen LogP contribution >= 0.6 is 14.5 Å². The van der Waals surface area contributed by atoms with Crippen molar-refractivity contribution in [2.24, 2.45) is 0 Å². The van der Waals surface area contributed by atoms with E-state index in [1.165, 1.54) is 79.4 Å². The number of carbonyl (C=O) groups is 2. The summed E-state index contributed by atoms with van der Waals surface area (Å²) < 4.78 is 294. The van der Waals surface area contributed by atoms with Crippen molar-refractivity contribution in [2.75, 3.05) is 0 Å². The van der Waals surface area contributed by atoms with E-state index in [9.17, 15) is 52.7 Å². The van der Waals surface area contributed by atoms with Gasteiger partial charge in [0.05, 0.1) is 6.07 Å². The fourth-order valence-electron chi connectivity index (χ4n) is 20.0. The molecule has 4 aromatic carbocycles. The Bertz CT molecular complexity index is 3010. The van der Waals surface area contributed by atoms with Crippen molar-refractivity contribution in [3.63, 3.8) is 0 Å². The average Bonchev–Trinajstić information content (AvgIpc) is 0.683. The van der Waals surface area contributed by atoms with E-state index < -0.39 is 171 Å². The summed E-state index contributed by atoms with van der Waals surface area (Å²) in [4.78, 5) is 17.8. The molecule has 0 aliphatic heterocycles. The van der Waals surface area contributed by atoms with Crippen LogP contribution in [0.4, 0.5) is 87.8 Å². The van der Waals surface area contributed by atoms with Gasteiger partial charge in [0.15, 0.2) is 69.8 Å². The van der Waals surface area contributed by atoms with Crippen LogP contribution in [0.3, 0.4) is 0 Å². The number of aliphatic carboxylic acids is 2. The molecule has 6 fully saturated rings. The molecule has 0 radical (unpaired) electrons. The molecule has 0 unspecified atom stereocenters. The molecule has 0 saturated heterocycles. The van der Waals surface area contributed by atoms with Crippen LogP contribution in [0.15, 0.2) is 0 Å². The molecule has 10 rings (SSSR count). The van der Waals surface area contributed by atoms with Crippen LogP contribution in [0, 0.1) is 128 Å². The van der Waals surface area contributed by atoms with E-state index >= 15 is 35.1 Å². The fraction of sp³-hybridized carbons (Fsp3) is 0.635. The fourth-order valence-corrected chi connectivity index (χ4v) is 39.6. The van der Waals surface area contributed by atoms with Crippen molar-refractivity contribution in [1.82, 2.24) is 0 Å². The molecule has 0 aromatic heterocycles. The number of nitriles is 1. The van der Waals surface area contributed by atoms with Gasteiger partial charge >= 0.3 is 313 Å². The van der Waals surface area contributed by atoms with Crippen molar-refractivity contribution >= 4 is 54.5 Å². The topological polar surface area (TPSA) is 104 Å². The third kappa shape index (κ3) is 18.8. The minimum atomic E-state index is -7.22. The largest absolute Gasteiger partial charge is 2.00 e. The molecule has 0 spiro atoms. The monoisotopic (exact) mass is 1620 g/mol. The van der Waals surface area contributed by atoms with Crippen LogP contribution in [0.25, 0.3) is 0 Å². The Balaban J connectivity index is 0.000000325. The van der Waals surface area contributed by atoms with Crippen molar-refractivity contribution < 1.29 is 128 Å². The molecule has 6 aliphatic carbocycles. The van der Waals surface area contributed by atoms with Crippen molar-refractivity contribution in [2.45, 2.75) is 299 Å². The zero-order valence-corrected chi connectivity index (χ0v) is 63.3. The second kappa shape index (κ2) is 39.0. The summed E-state index contributed by atoms with van der Waals surface area (Å²) >= 11 is 0. The molecule has 29 heteroatoms. The number of carbonyl (C=O) groups excluding carboxylic acids is 2.